The van der Waals surface area contributed by atoms with E-state index in [1.165, 1.54) is 11.0 Å². The van der Waals surface area contributed by atoms with Crippen molar-refractivity contribution in [2.75, 3.05) is 11.4 Å². The first-order chi connectivity index (χ1) is 13.0. The number of nitrogens with zero attached hydrogens (tertiary/aromatic N) is 2. The zero-order valence-corrected chi connectivity index (χ0v) is 15.8. The molecular weight excluding hydrogens is 366 g/mol. The molecule has 1 fully saturated rings. The molecule has 9 nitrogen and oxygen atoms in total. The SMILES string of the molecule is CC(C)(C)N(CC(=O)O)c1cccc2c1C(=O)N(C1CCC(=O)NC1=O)C2=O. The predicted octanol–water partition coefficient (Wildman–Crippen LogP) is 0.777. The number of carboxylic acids is 1. The van der Waals surface area contributed by atoms with E-state index in [9.17, 15) is 29.1 Å². The monoisotopic (exact) mass is 387 g/mol. The Kier molecular flexibility index (Phi) is 4.70. The molecule has 1 aromatic carbocycles. The average molecular weight is 387 g/mol. The maximum atomic E-state index is 13.1. The van der Waals surface area contributed by atoms with Crippen LogP contribution in [0, 0.1) is 0 Å². The van der Waals surface area contributed by atoms with E-state index in [0.29, 0.717) is 5.69 Å². The molecule has 1 unspecified atom stereocenters. The van der Waals surface area contributed by atoms with E-state index in [-0.39, 0.29) is 30.5 Å². The third-order valence-electron chi connectivity index (χ3n) is 4.84. The topological polar surface area (TPSA) is 124 Å². The van der Waals surface area contributed by atoms with Crippen molar-refractivity contribution in [2.45, 2.75) is 45.2 Å². The summed E-state index contributed by atoms with van der Waals surface area (Å²) in [6, 6.07) is 3.58. The van der Waals surface area contributed by atoms with Crippen molar-refractivity contribution in [3.8, 4) is 0 Å². The number of hydrogen-bond donors (Lipinski definition) is 2. The second-order valence-corrected chi connectivity index (χ2v) is 7.80. The van der Waals surface area contributed by atoms with Crippen molar-refractivity contribution >= 4 is 35.3 Å². The number of nitrogens with one attached hydrogen (secondary N) is 1. The van der Waals surface area contributed by atoms with E-state index in [1.54, 1.807) is 32.9 Å². The predicted molar refractivity (Wildman–Crippen MR) is 97.8 cm³/mol. The summed E-state index contributed by atoms with van der Waals surface area (Å²) in [6.45, 7) is 5.04. The number of carbonyl (C=O) groups excluding carboxylic acids is 4. The Labute approximate surface area is 161 Å². The molecule has 1 aromatic rings. The van der Waals surface area contributed by atoms with Crippen LogP contribution in [0.3, 0.4) is 0 Å². The Bertz CT molecular complexity index is 901. The lowest BCUT2D eigenvalue weighted by Crippen LogP contribution is -2.54. The lowest BCUT2D eigenvalue weighted by atomic mass is 10.00. The molecule has 148 valence electrons. The van der Waals surface area contributed by atoms with E-state index in [2.05, 4.69) is 5.32 Å². The fraction of sp³-hybridized carbons (Fsp3) is 0.421. The third kappa shape index (κ3) is 3.23. The number of amides is 4. The average Bonchev–Trinajstić information content (AvgIpc) is 2.84. The number of carboxylic acid groups (broad SMARTS) is 1. The molecule has 1 atom stereocenters. The summed E-state index contributed by atoms with van der Waals surface area (Å²) < 4.78 is 0. The Morgan fingerprint density at radius 3 is 2.46 bits per heavy atom. The van der Waals surface area contributed by atoms with Crippen LogP contribution in [0.15, 0.2) is 18.2 Å². The van der Waals surface area contributed by atoms with Crippen LogP contribution in [0.25, 0.3) is 0 Å². The van der Waals surface area contributed by atoms with E-state index in [1.807, 2.05) is 0 Å². The largest absolute Gasteiger partial charge is 0.480 e. The van der Waals surface area contributed by atoms with Gasteiger partial charge in [0.2, 0.25) is 11.8 Å². The molecule has 3 rings (SSSR count). The number of aliphatic carboxylic acids is 1. The van der Waals surface area contributed by atoms with Crippen LogP contribution in [-0.2, 0) is 14.4 Å². The van der Waals surface area contributed by atoms with Crippen LogP contribution in [0.4, 0.5) is 5.69 Å². The highest BCUT2D eigenvalue weighted by Crippen LogP contribution is 2.36. The minimum atomic E-state index is -1.08. The Balaban J connectivity index is 2.06. The van der Waals surface area contributed by atoms with Gasteiger partial charge in [-0.05, 0) is 39.3 Å². The quantitative estimate of drug-likeness (QED) is 0.732. The Morgan fingerprint density at radius 1 is 1.21 bits per heavy atom. The number of rotatable bonds is 4. The van der Waals surface area contributed by atoms with Gasteiger partial charge in [0.15, 0.2) is 0 Å². The molecule has 2 N–H and O–H groups in total. The van der Waals surface area contributed by atoms with Gasteiger partial charge in [-0.25, -0.2) is 0 Å². The molecule has 0 spiro atoms. The molecule has 2 heterocycles. The zero-order valence-electron chi connectivity index (χ0n) is 15.8. The van der Waals surface area contributed by atoms with Gasteiger partial charge in [-0.2, -0.15) is 0 Å². The lowest BCUT2D eigenvalue weighted by molar-refractivity contribution is -0.137. The highest BCUT2D eigenvalue weighted by molar-refractivity contribution is 6.25. The molecule has 0 aromatic heterocycles. The van der Waals surface area contributed by atoms with Crippen molar-refractivity contribution in [1.29, 1.82) is 0 Å². The van der Waals surface area contributed by atoms with Crippen molar-refractivity contribution in [3.63, 3.8) is 0 Å². The van der Waals surface area contributed by atoms with E-state index in [4.69, 9.17) is 0 Å². The van der Waals surface area contributed by atoms with Crippen LogP contribution in [0.2, 0.25) is 0 Å². The van der Waals surface area contributed by atoms with Gasteiger partial charge in [0.05, 0.1) is 16.8 Å². The number of anilines is 1. The number of imide groups is 2. The summed E-state index contributed by atoms with van der Waals surface area (Å²) in [7, 11) is 0. The molecule has 0 bridgehead atoms. The smallest absolute Gasteiger partial charge is 0.323 e. The van der Waals surface area contributed by atoms with Gasteiger partial charge in [0.25, 0.3) is 11.8 Å². The molecule has 2 aliphatic rings. The van der Waals surface area contributed by atoms with Crippen LogP contribution >= 0.6 is 0 Å². The highest BCUT2D eigenvalue weighted by atomic mass is 16.4. The summed E-state index contributed by atoms with van der Waals surface area (Å²) in [5.41, 5.74) is -0.125. The molecule has 2 aliphatic heterocycles. The molecule has 28 heavy (non-hydrogen) atoms. The molecule has 0 saturated carbocycles. The summed E-state index contributed by atoms with van der Waals surface area (Å²) in [4.78, 5) is 63.4. The number of fused-ring (bicyclic) bond motifs is 1. The summed E-state index contributed by atoms with van der Waals surface area (Å²) in [6.07, 6.45) is 0.0907. The van der Waals surface area contributed by atoms with E-state index >= 15 is 0 Å². The Morgan fingerprint density at radius 2 is 1.89 bits per heavy atom. The summed E-state index contributed by atoms with van der Waals surface area (Å²) in [5.74, 6) is -3.50. The number of piperidine rings is 1. The lowest BCUT2D eigenvalue weighted by Gasteiger charge is -2.37. The number of carbonyl (C=O) groups is 5. The van der Waals surface area contributed by atoms with Crippen LogP contribution in [-0.4, -0.2) is 57.7 Å². The van der Waals surface area contributed by atoms with Crippen molar-refractivity contribution in [2.24, 2.45) is 0 Å². The van der Waals surface area contributed by atoms with Gasteiger partial charge in [0, 0.05) is 12.0 Å². The van der Waals surface area contributed by atoms with Gasteiger partial charge in [-0.3, -0.25) is 34.2 Å². The van der Waals surface area contributed by atoms with E-state index < -0.39 is 41.2 Å². The van der Waals surface area contributed by atoms with E-state index in [0.717, 1.165) is 4.90 Å². The fourth-order valence-electron chi connectivity index (χ4n) is 3.54. The highest BCUT2D eigenvalue weighted by Gasteiger charge is 2.46. The first-order valence-electron chi connectivity index (χ1n) is 8.86. The van der Waals surface area contributed by atoms with Crippen LogP contribution in [0.1, 0.15) is 54.3 Å². The number of hydrogen-bond acceptors (Lipinski definition) is 6. The molecule has 0 radical (unpaired) electrons. The van der Waals surface area contributed by atoms with Gasteiger partial charge in [0.1, 0.15) is 12.6 Å². The fourth-order valence-corrected chi connectivity index (χ4v) is 3.54. The molecule has 4 amide bonds. The van der Waals surface area contributed by atoms with Crippen molar-refractivity contribution in [1.82, 2.24) is 10.2 Å². The molecule has 0 aliphatic carbocycles. The number of benzene rings is 1. The van der Waals surface area contributed by atoms with Gasteiger partial charge in [-0.1, -0.05) is 6.07 Å². The van der Waals surface area contributed by atoms with Crippen LogP contribution in [0.5, 0.6) is 0 Å². The van der Waals surface area contributed by atoms with Crippen molar-refractivity contribution in [3.05, 3.63) is 29.3 Å². The Hall–Kier alpha value is -3.23. The van der Waals surface area contributed by atoms with Gasteiger partial charge >= 0.3 is 5.97 Å². The molecular formula is C19H21N3O6. The maximum absolute atomic E-state index is 13.1. The first kappa shape index (κ1) is 19.5. The molecule has 9 heteroatoms. The summed E-state index contributed by atoms with van der Waals surface area (Å²) in [5, 5.41) is 11.5. The normalized spacial score (nSPS) is 19.5. The van der Waals surface area contributed by atoms with Crippen molar-refractivity contribution < 1.29 is 29.1 Å². The minimum absolute atomic E-state index is 0.0315. The van der Waals surface area contributed by atoms with Gasteiger partial charge in [-0.15, -0.1) is 0 Å². The second kappa shape index (κ2) is 6.74. The standard InChI is InChI=1S/C19H21N3O6/c1-19(2,3)21(9-14(24)25)11-6-4-5-10-15(11)18(28)22(17(10)27)12-7-8-13(23)20-16(12)26/h4-6,12H,7-9H2,1-3H3,(H,24,25)(H,20,23,26). The first-order valence-corrected chi connectivity index (χ1v) is 8.86. The van der Waals surface area contributed by atoms with Gasteiger partial charge < -0.3 is 10.0 Å². The minimum Gasteiger partial charge on any atom is -0.480 e. The summed E-state index contributed by atoms with van der Waals surface area (Å²) >= 11 is 0. The van der Waals surface area contributed by atoms with Crippen LogP contribution < -0.4 is 10.2 Å². The third-order valence-corrected chi connectivity index (χ3v) is 4.84. The second-order valence-electron chi connectivity index (χ2n) is 7.80. The molecule has 1 saturated heterocycles. The zero-order chi connectivity index (χ0) is 20.8. The maximum Gasteiger partial charge on any atom is 0.323 e.